The zero-order chi connectivity index (χ0) is 17.6. The summed E-state index contributed by atoms with van der Waals surface area (Å²) in [6.07, 6.45) is 0.225. The Kier molecular flexibility index (Phi) is 5.57. The molecule has 0 saturated heterocycles. The van der Waals surface area contributed by atoms with E-state index in [1.54, 1.807) is 22.8 Å². The van der Waals surface area contributed by atoms with Gasteiger partial charge in [0.2, 0.25) is 5.91 Å². The van der Waals surface area contributed by atoms with E-state index < -0.39 is 0 Å². The van der Waals surface area contributed by atoms with Crippen LogP contribution >= 0.6 is 22.7 Å². The van der Waals surface area contributed by atoms with Crippen molar-refractivity contribution in [2.24, 2.45) is 0 Å². The molecule has 2 aromatic heterocycles. The van der Waals surface area contributed by atoms with Gasteiger partial charge in [0.15, 0.2) is 0 Å². The summed E-state index contributed by atoms with van der Waals surface area (Å²) in [5.41, 5.74) is 3.31. The Bertz CT molecular complexity index is 855. The molecule has 2 N–H and O–H groups in total. The molecule has 2 amide bonds. The van der Waals surface area contributed by atoms with Crippen LogP contribution in [0.3, 0.4) is 0 Å². The second-order valence-electron chi connectivity index (χ2n) is 5.40. The zero-order valence-electron chi connectivity index (χ0n) is 13.6. The summed E-state index contributed by atoms with van der Waals surface area (Å²) in [7, 11) is 0. The quantitative estimate of drug-likeness (QED) is 0.689. The molecule has 1 aromatic carbocycles. The first-order valence-electron chi connectivity index (χ1n) is 7.74. The average Bonchev–Trinajstić information content (AvgIpc) is 3.27. The number of thiophene rings is 1. The highest BCUT2D eigenvalue weighted by atomic mass is 32.1. The van der Waals surface area contributed by atoms with Gasteiger partial charge < -0.3 is 10.6 Å². The number of aromatic nitrogens is 1. The molecular weight excluding hydrogens is 354 g/mol. The number of carbonyl (C=O) groups excluding carboxylic acids is 2. The molecule has 0 spiro atoms. The van der Waals surface area contributed by atoms with Gasteiger partial charge >= 0.3 is 0 Å². The number of hydrogen-bond donors (Lipinski definition) is 2. The number of nitrogens with one attached hydrogen (secondary N) is 2. The molecule has 128 valence electrons. The van der Waals surface area contributed by atoms with Gasteiger partial charge in [-0.25, -0.2) is 4.98 Å². The molecule has 0 bridgehead atoms. The molecule has 7 heteroatoms. The smallest absolute Gasteiger partial charge is 0.252 e. The van der Waals surface area contributed by atoms with E-state index in [1.165, 1.54) is 11.3 Å². The normalized spacial score (nSPS) is 10.4. The van der Waals surface area contributed by atoms with Gasteiger partial charge in [0.05, 0.1) is 10.7 Å². The molecule has 0 atom stereocenters. The first-order valence-corrected chi connectivity index (χ1v) is 9.57. The van der Waals surface area contributed by atoms with Gasteiger partial charge in [-0.15, -0.1) is 11.3 Å². The summed E-state index contributed by atoms with van der Waals surface area (Å²) in [5, 5.41) is 12.2. The molecule has 0 saturated carbocycles. The number of aryl methyl sites for hydroxylation is 1. The lowest BCUT2D eigenvalue weighted by atomic mass is 10.1. The highest BCUT2D eigenvalue weighted by Gasteiger charge is 2.08. The van der Waals surface area contributed by atoms with Crippen molar-refractivity contribution in [2.75, 3.05) is 11.9 Å². The SMILES string of the molecule is Cc1nc(-c2ccc(NC(=O)CCNC(=O)c3ccsc3)cc2)cs1. The molecule has 2 heterocycles. The predicted molar refractivity (Wildman–Crippen MR) is 102 cm³/mol. The molecule has 0 aliphatic carbocycles. The Balaban J connectivity index is 1.47. The molecule has 0 radical (unpaired) electrons. The van der Waals surface area contributed by atoms with E-state index >= 15 is 0 Å². The Labute approximate surface area is 153 Å². The minimum Gasteiger partial charge on any atom is -0.351 e. The van der Waals surface area contributed by atoms with Gasteiger partial charge in [-0.1, -0.05) is 12.1 Å². The fourth-order valence-electron chi connectivity index (χ4n) is 2.23. The second kappa shape index (κ2) is 8.04. The number of rotatable bonds is 6. The number of carbonyl (C=O) groups is 2. The summed E-state index contributed by atoms with van der Waals surface area (Å²) in [5.74, 6) is -0.292. The number of amides is 2. The van der Waals surface area contributed by atoms with Crippen LogP contribution in [0.1, 0.15) is 21.8 Å². The van der Waals surface area contributed by atoms with Crippen molar-refractivity contribution < 1.29 is 9.59 Å². The minimum atomic E-state index is -0.156. The fourth-order valence-corrected chi connectivity index (χ4v) is 3.49. The van der Waals surface area contributed by atoms with Gasteiger partial charge in [0, 0.05) is 40.5 Å². The van der Waals surface area contributed by atoms with Crippen LogP contribution < -0.4 is 10.6 Å². The third kappa shape index (κ3) is 4.74. The van der Waals surface area contributed by atoms with E-state index in [9.17, 15) is 9.59 Å². The number of hydrogen-bond acceptors (Lipinski definition) is 5. The topological polar surface area (TPSA) is 71.1 Å². The van der Waals surface area contributed by atoms with Gasteiger partial charge in [-0.3, -0.25) is 9.59 Å². The van der Waals surface area contributed by atoms with E-state index in [4.69, 9.17) is 0 Å². The van der Waals surface area contributed by atoms with E-state index in [-0.39, 0.29) is 18.2 Å². The van der Waals surface area contributed by atoms with Crippen molar-refractivity contribution in [3.8, 4) is 11.3 Å². The van der Waals surface area contributed by atoms with Crippen molar-refractivity contribution in [1.82, 2.24) is 10.3 Å². The molecule has 0 unspecified atom stereocenters. The van der Waals surface area contributed by atoms with Crippen LogP contribution in [0.4, 0.5) is 5.69 Å². The lowest BCUT2D eigenvalue weighted by Crippen LogP contribution is -2.27. The first kappa shape index (κ1) is 17.3. The molecule has 3 rings (SSSR count). The van der Waals surface area contributed by atoms with Gasteiger partial charge in [0.1, 0.15) is 0 Å². The van der Waals surface area contributed by atoms with E-state index in [0.29, 0.717) is 12.1 Å². The molecule has 0 fully saturated rings. The monoisotopic (exact) mass is 371 g/mol. The van der Waals surface area contributed by atoms with Crippen LogP contribution in [0.5, 0.6) is 0 Å². The Morgan fingerprint density at radius 3 is 2.56 bits per heavy atom. The van der Waals surface area contributed by atoms with E-state index in [0.717, 1.165) is 22.0 Å². The number of nitrogens with zero attached hydrogens (tertiary/aromatic N) is 1. The number of benzene rings is 1. The van der Waals surface area contributed by atoms with Crippen LogP contribution in [0, 0.1) is 6.92 Å². The molecule has 0 aliphatic rings. The van der Waals surface area contributed by atoms with Crippen LogP contribution in [0.15, 0.2) is 46.5 Å². The maximum atomic E-state index is 12.0. The summed E-state index contributed by atoms with van der Waals surface area (Å²) in [6, 6.07) is 9.33. The molecule has 3 aromatic rings. The van der Waals surface area contributed by atoms with Crippen molar-refractivity contribution in [1.29, 1.82) is 0 Å². The summed E-state index contributed by atoms with van der Waals surface area (Å²) in [4.78, 5) is 28.2. The first-order chi connectivity index (χ1) is 12.1. The molecule has 5 nitrogen and oxygen atoms in total. The lowest BCUT2D eigenvalue weighted by molar-refractivity contribution is -0.116. The number of anilines is 1. The van der Waals surface area contributed by atoms with E-state index in [2.05, 4.69) is 15.6 Å². The summed E-state index contributed by atoms with van der Waals surface area (Å²) in [6.45, 7) is 2.27. The highest BCUT2D eigenvalue weighted by molar-refractivity contribution is 7.09. The fraction of sp³-hybridized carbons (Fsp3) is 0.167. The van der Waals surface area contributed by atoms with Crippen molar-refractivity contribution in [3.05, 3.63) is 57.0 Å². The van der Waals surface area contributed by atoms with Gasteiger partial charge in [0.25, 0.3) is 5.91 Å². The zero-order valence-corrected chi connectivity index (χ0v) is 15.2. The standard InChI is InChI=1S/C18H17N3O2S2/c1-12-20-16(11-25-12)13-2-4-15(5-3-13)21-17(22)6-8-19-18(23)14-7-9-24-10-14/h2-5,7,9-11H,6,8H2,1H3,(H,19,23)(H,21,22). The highest BCUT2D eigenvalue weighted by Crippen LogP contribution is 2.23. The average molecular weight is 371 g/mol. The molecule has 25 heavy (non-hydrogen) atoms. The van der Waals surface area contributed by atoms with Crippen molar-refractivity contribution in [3.63, 3.8) is 0 Å². The third-order valence-corrected chi connectivity index (χ3v) is 4.96. The Morgan fingerprint density at radius 2 is 1.92 bits per heavy atom. The van der Waals surface area contributed by atoms with Gasteiger partial charge in [-0.2, -0.15) is 11.3 Å². The van der Waals surface area contributed by atoms with Crippen LogP contribution in [0.25, 0.3) is 11.3 Å². The lowest BCUT2D eigenvalue weighted by Gasteiger charge is -2.07. The second-order valence-corrected chi connectivity index (χ2v) is 7.24. The Morgan fingerprint density at radius 1 is 1.12 bits per heavy atom. The maximum absolute atomic E-state index is 12.0. The van der Waals surface area contributed by atoms with Crippen LogP contribution in [-0.2, 0) is 4.79 Å². The van der Waals surface area contributed by atoms with Crippen LogP contribution in [0.2, 0.25) is 0 Å². The van der Waals surface area contributed by atoms with Crippen molar-refractivity contribution >= 4 is 40.2 Å². The van der Waals surface area contributed by atoms with E-state index in [1.807, 2.05) is 41.9 Å². The van der Waals surface area contributed by atoms with Gasteiger partial charge in [-0.05, 0) is 30.5 Å². The largest absolute Gasteiger partial charge is 0.351 e. The Hall–Kier alpha value is -2.51. The number of thiazole rings is 1. The van der Waals surface area contributed by atoms with Crippen LogP contribution in [-0.4, -0.2) is 23.3 Å². The van der Waals surface area contributed by atoms with Crippen molar-refractivity contribution in [2.45, 2.75) is 13.3 Å². The maximum Gasteiger partial charge on any atom is 0.252 e. The molecule has 0 aliphatic heterocycles. The molecular formula is C18H17N3O2S2. The minimum absolute atomic E-state index is 0.136. The third-order valence-electron chi connectivity index (χ3n) is 3.50. The summed E-state index contributed by atoms with van der Waals surface area (Å²) < 4.78 is 0. The predicted octanol–water partition coefficient (Wildman–Crippen LogP) is 3.94. The summed E-state index contributed by atoms with van der Waals surface area (Å²) >= 11 is 3.08.